The molecular weight excluding hydrogens is 359 g/mol. The quantitative estimate of drug-likeness (QED) is 0.401. The van der Waals surface area contributed by atoms with Crippen molar-refractivity contribution in [1.82, 2.24) is 0 Å². The third-order valence-electron chi connectivity index (χ3n) is 2.64. The van der Waals surface area contributed by atoms with Crippen molar-refractivity contribution in [2.75, 3.05) is 6.61 Å². The Morgan fingerprint density at radius 2 is 1.55 bits per heavy atom. The van der Waals surface area contributed by atoms with Gasteiger partial charge in [-0.1, -0.05) is 15.9 Å². The largest absolute Gasteiger partial charge is 0.464 e. The van der Waals surface area contributed by atoms with Gasteiger partial charge < -0.3 is 9.47 Å². The third kappa shape index (κ3) is 6.85. The van der Waals surface area contributed by atoms with Crippen LogP contribution < -0.4 is 0 Å². The molecule has 128 valence electrons. The summed E-state index contributed by atoms with van der Waals surface area (Å²) in [6.07, 6.45) is -3.32. The summed E-state index contributed by atoms with van der Waals surface area (Å²) in [5.74, 6) is -1.12. The van der Waals surface area contributed by atoms with Crippen LogP contribution in [0.2, 0.25) is 0 Å². The first-order valence-corrected chi connectivity index (χ1v) is 7.84. The van der Waals surface area contributed by atoms with E-state index in [0.717, 1.165) is 0 Å². The van der Waals surface area contributed by atoms with Gasteiger partial charge in [0.15, 0.2) is 18.6 Å². The maximum atomic E-state index is 13.7. The highest BCUT2D eigenvalue weighted by Crippen LogP contribution is 2.23. The molecule has 3 atom stereocenters. The Labute approximate surface area is 139 Å². The number of alkyl halides is 2. The van der Waals surface area contributed by atoms with Gasteiger partial charge in [-0.3, -0.25) is 14.4 Å². The van der Waals surface area contributed by atoms with Crippen molar-refractivity contribution >= 4 is 34.2 Å². The van der Waals surface area contributed by atoms with E-state index in [4.69, 9.17) is 9.47 Å². The van der Waals surface area contributed by atoms with E-state index in [9.17, 15) is 18.8 Å². The Hall–Kier alpha value is -0.980. The molecule has 0 saturated heterocycles. The van der Waals surface area contributed by atoms with Crippen LogP contribution in [0.4, 0.5) is 4.39 Å². The lowest BCUT2D eigenvalue weighted by atomic mass is 9.97. The van der Waals surface area contributed by atoms with Crippen LogP contribution in [0.5, 0.6) is 0 Å². The average Bonchev–Trinajstić information content (AvgIpc) is 2.38. The molecule has 0 spiro atoms. The summed E-state index contributed by atoms with van der Waals surface area (Å²) < 4.78 is 23.9. The van der Waals surface area contributed by atoms with E-state index >= 15 is 0 Å². The van der Waals surface area contributed by atoms with Crippen LogP contribution in [0.25, 0.3) is 0 Å². The zero-order chi connectivity index (χ0) is 17.7. The number of ether oxygens (including phenoxy) is 2. The summed E-state index contributed by atoms with van der Waals surface area (Å²) >= 11 is 3.12. The molecule has 0 aromatic rings. The van der Waals surface area contributed by atoms with Crippen molar-refractivity contribution < 1.29 is 28.2 Å². The first kappa shape index (κ1) is 21.0. The van der Waals surface area contributed by atoms with Crippen LogP contribution in [0.1, 0.15) is 41.5 Å². The number of hydrogen-bond acceptors (Lipinski definition) is 5. The number of rotatable bonds is 6. The third-order valence-corrected chi connectivity index (χ3v) is 3.43. The fourth-order valence-electron chi connectivity index (χ4n) is 1.18. The molecule has 5 nitrogen and oxygen atoms in total. The van der Waals surface area contributed by atoms with Gasteiger partial charge in [-0.2, -0.15) is 0 Å². The summed E-state index contributed by atoms with van der Waals surface area (Å²) in [5, 5.41) is 0. The van der Waals surface area contributed by atoms with Crippen LogP contribution in [-0.4, -0.2) is 41.9 Å². The predicted octanol–water partition coefficient (Wildman–Crippen LogP) is 2.83. The summed E-state index contributed by atoms with van der Waals surface area (Å²) in [5.41, 5.74) is -1.54. The van der Waals surface area contributed by atoms with E-state index in [2.05, 4.69) is 15.9 Å². The first-order chi connectivity index (χ1) is 9.80. The van der Waals surface area contributed by atoms with Gasteiger partial charge in [0.05, 0.1) is 15.7 Å². The smallest absolute Gasteiger partial charge is 0.311 e. The molecule has 0 rings (SSSR count). The Bertz CT molecular complexity index is 411. The molecule has 0 aromatic heterocycles. The van der Waals surface area contributed by atoms with E-state index in [0.29, 0.717) is 0 Å². The molecule has 0 aliphatic rings. The van der Waals surface area contributed by atoms with Crippen LogP contribution in [-0.2, 0) is 23.9 Å². The second kappa shape index (κ2) is 8.04. The van der Waals surface area contributed by atoms with Gasteiger partial charge in [-0.25, -0.2) is 4.39 Å². The maximum absolute atomic E-state index is 13.7. The lowest BCUT2D eigenvalue weighted by Crippen LogP contribution is -2.42. The van der Waals surface area contributed by atoms with Crippen molar-refractivity contribution in [2.45, 2.75) is 58.6 Å². The topological polar surface area (TPSA) is 69.7 Å². The summed E-state index contributed by atoms with van der Waals surface area (Å²) in [6.45, 7) is 9.67. The van der Waals surface area contributed by atoms with Gasteiger partial charge in [0, 0.05) is 0 Å². The summed E-state index contributed by atoms with van der Waals surface area (Å²) in [6, 6.07) is 0. The summed E-state index contributed by atoms with van der Waals surface area (Å²) in [4.78, 5) is 33.4. The fourth-order valence-corrected chi connectivity index (χ4v) is 1.71. The highest BCUT2D eigenvalue weighted by molar-refractivity contribution is 9.09. The second-order valence-corrected chi connectivity index (χ2v) is 8.24. The molecule has 0 aliphatic heterocycles. The van der Waals surface area contributed by atoms with Gasteiger partial charge in [0.2, 0.25) is 0 Å². The minimum atomic E-state index is -2.01. The van der Waals surface area contributed by atoms with Crippen molar-refractivity contribution in [2.24, 2.45) is 10.8 Å². The minimum Gasteiger partial charge on any atom is -0.464 e. The number of esters is 2. The average molecular weight is 383 g/mol. The lowest BCUT2D eigenvalue weighted by molar-refractivity contribution is -0.164. The van der Waals surface area contributed by atoms with Gasteiger partial charge in [-0.05, 0) is 41.5 Å². The molecule has 0 bridgehead atoms. The maximum Gasteiger partial charge on any atom is 0.311 e. The lowest BCUT2D eigenvalue weighted by Gasteiger charge is -2.27. The molecule has 0 heterocycles. The molecule has 0 unspecified atom stereocenters. The van der Waals surface area contributed by atoms with Gasteiger partial charge in [0.25, 0.3) is 0 Å². The minimum absolute atomic E-state index is 0.0560. The molecule has 0 N–H and O–H groups in total. The molecule has 0 aliphatic carbocycles. The number of hydrogen-bond donors (Lipinski definition) is 0. The molecule has 7 heteroatoms. The number of aldehydes is 1. The Morgan fingerprint density at radius 1 is 1.09 bits per heavy atom. The van der Waals surface area contributed by atoms with Crippen LogP contribution >= 0.6 is 15.9 Å². The first-order valence-electron chi connectivity index (χ1n) is 6.92. The van der Waals surface area contributed by atoms with Crippen molar-refractivity contribution in [3.63, 3.8) is 0 Å². The van der Waals surface area contributed by atoms with Crippen LogP contribution in [0, 0.1) is 10.8 Å². The standard InChI is InChI=1S/C15H24BrFO5/c1-14(2,3)12(19)21-8-9(16)11(10(17)7-18)22-13(20)15(4,5)6/h7,9-11H,8H2,1-6H3/t9-,10+,11+/m0/s1. The monoisotopic (exact) mass is 382 g/mol. The highest BCUT2D eigenvalue weighted by atomic mass is 79.9. The van der Waals surface area contributed by atoms with Crippen molar-refractivity contribution in [3.8, 4) is 0 Å². The van der Waals surface area contributed by atoms with Crippen molar-refractivity contribution in [3.05, 3.63) is 0 Å². The molecular formula is C15H24BrFO5. The van der Waals surface area contributed by atoms with E-state index in [1.165, 1.54) is 0 Å². The molecule has 0 radical (unpaired) electrons. The molecule has 0 fully saturated rings. The zero-order valence-corrected chi connectivity index (χ0v) is 15.4. The number of halogens is 2. The fraction of sp³-hybridized carbons (Fsp3) is 0.800. The number of carbonyl (C=O) groups excluding carboxylic acids is 3. The summed E-state index contributed by atoms with van der Waals surface area (Å²) in [7, 11) is 0. The van der Waals surface area contributed by atoms with Crippen molar-refractivity contribution in [1.29, 1.82) is 0 Å². The van der Waals surface area contributed by atoms with Gasteiger partial charge in [-0.15, -0.1) is 0 Å². The van der Waals surface area contributed by atoms with E-state index in [1.54, 1.807) is 41.5 Å². The van der Waals surface area contributed by atoms with Gasteiger partial charge in [0.1, 0.15) is 6.61 Å². The van der Waals surface area contributed by atoms with Gasteiger partial charge >= 0.3 is 11.9 Å². The molecule has 22 heavy (non-hydrogen) atoms. The zero-order valence-electron chi connectivity index (χ0n) is 13.8. The number of carbonyl (C=O) groups is 3. The Kier molecular flexibility index (Phi) is 7.68. The predicted molar refractivity (Wildman–Crippen MR) is 83.4 cm³/mol. The SMILES string of the molecule is CC(C)(C)C(=O)OC[C@H](Br)[C@@H](OC(=O)C(C)(C)C)[C@H](F)C=O. The molecule has 0 amide bonds. The van der Waals surface area contributed by atoms with E-state index in [1.807, 2.05) is 0 Å². The highest BCUT2D eigenvalue weighted by Gasteiger charge is 2.36. The van der Waals surface area contributed by atoms with Crippen LogP contribution in [0.15, 0.2) is 0 Å². The second-order valence-electron chi connectivity index (χ2n) is 7.06. The van der Waals surface area contributed by atoms with Crippen LogP contribution in [0.3, 0.4) is 0 Å². The van der Waals surface area contributed by atoms with E-state index < -0.39 is 39.9 Å². The molecule has 0 saturated carbocycles. The van der Waals surface area contributed by atoms with E-state index in [-0.39, 0.29) is 12.9 Å². The normalized spacial score (nSPS) is 16.4. The Morgan fingerprint density at radius 3 is 1.91 bits per heavy atom. The Balaban J connectivity index is 4.87. The molecule has 0 aromatic carbocycles.